The van der Waals surface area contributed by atoms with E-state index >= 15 is 0 Å². The summed E-state index contributed by atoms with van der Waals surface area (Å²) in [6.07, 6.45) is -16.0. The van der Waals surface area contributed by atoms with Gasteiger partial charge in [0.1, 0.15) is 24.9 Å². The Kier molecular flexibility index (Phi) is 11.5. The molecule has 2 bridgehead atoms. The smallest absolute Gasteiger partial charge is 0.303 e. The van der Waals surface area contributed by atoms with E-state index in [0.717, 1.165) is 48.5 Å². The number of hydrogen-bond acceptors (Lipinski definition) is 18. The summed E-state index contributed by atoms with van der Waals surface area (Å²) in [6.45, 7) is 5.84. The predicted molar refractivity (Wildman–Crippen MR) is 138 cm³/mol. The maximum atomic E-state index is 12.4. The molecule has 3 fully saturated rings. The number of ether oxygens (including phenoxy) is 10. The van der Waals surface area contributed by atoms with Gasteiger partial charge in [-0.1, -0.05) is 0 Å². The van der Waals surface area contributed by atoms with Gasteiger partial charge in [-0.05, 0) is 0 Å². The molecule has 3 aliphatic rings. The van der Waals surface area contributed by atoms with Crippen molar-refractivity contribution >= 4 is 41.8 Å². The molecule has 2 heterocycles. The first kappa shape index (κ1) is 35.6. The minimum atomic E-state index is -2.72. The molecule has 2 saturated heterocycles. The van der Waals surface area contributed by atoms with Crippen molar-refractivity contribution in [3.63, 3.8) is 0 Å². The van der Waals surface area contributed by atoms with Gasteiger partial charge in [0.2, 0.25) is 0 Å². The third-order valence-electron chi connectivity index (χ3n) is 6.86. The van der Waals surface area contributed by atoms with E-state index in [4.69, 9.17) is 47.4 Å². The first-order valence-corrected chi connectivity index (χ1v) is 13.8. The lowest BCUT2D eigenvalue weighted by atomic mass is 9.74. The molecule has 11 atom stereocenters. The van der Waals surface area contributed by atoms with E-state index in [1.807, 2.05) is 0 Å². The fourth-order valence-electron chi connectivity index (χ4n) is 5.46. The van der Waals surface area contributed by atoms with Gasteiger partial charge in [0.05, 0.1) is 6.61 Å². The molecule has 1 aliphatic carbocycles. The molecule has 18 heteroatoms. The minimum Gasteiger partial charge on any atom is -0.462 e. The van der Waals surface area contributed by atoms with Crippen LogP contribution >= 0.6 is 0 Å². The van der Waals surface area contributed by atoms with Crippen LogP contribution < -0.4 is 0 Å². The van der Waals surface area contributed by atoms with E-state index in [1.165, 1.54) is 0 Å². The van der Waals surface area contributed by atoms with Crippen molar-refractivity contribution in [3.8, 4) is 0 Å². The van der Waals surface area contributed by atoms with Crippen LogP contribution in [0.25, 0.3) is 0 Å². The Balaban J connectivity index is 2.25. The lowest BCUT2D eigenvalue weighted by Crippen LogP contribution is -2.76. The Labute approximate surface area is 256 Å². The highest BCUT2D eigenvalue weighted by Gasteiger charge is 2.68. The number of rotatable bonds is 10. The van der Waals surface area contributed by atoms with Gasteiger partial charge in [-0.3, -0.25) is 33.6 Å². The van der Waals surface area contributed by atoms with Crippen molar-refractivity contribution in [2.45, 2.75) is 115 Å². The number of esters is 7. The average molecular weight is 649 g/mol. The van der Waals surface area contributed by atoms with Gasteiger partial charge < -0.3 is 52.5 Å². The molecule has 2 aliphatic heterocycles. The van der Waals surface area contributed by atoms with E-state index in [1.54, 1.807) is 0 Å². The molecule has 11 unspecified atom stereocenters. The zero-order valence-corrected chi connectivity index (χ0v) is 25.6. The van der Waals surface area contributed by atoms with E-state index in [9.17, 15) is 38.7 Å². The zero-order valence-electron chi connectivity index (χ0n) is 25.6. The summed E-state index contributed by atoms with van der Waals surface area (Å²) in [5, 5.41) is 12.1. The second-order valence-corrected chi connectivity index (χ2v) is 10.6. The van der Waals surface area contributed by atoms with Crippen molar-refractivity contribution in [2.24, 2.45) is 0 Å². The Morgan fingerprint density at radius 3 is 1.47 bits per heavy atom. The largest absolute Gasteiger partial charge is 0.462 e. The van der Waals surface area contributed by atoms with Crippen LogP contribution in [-0.2, 0) is 80.9 Å². The second-order valence-electron chi connectivity index (χ2n) is 10.6. The van der Waals surface area contributed by atoms with Gasteiger partial charge >= 0.3 is 41.8 Å². The summed E-state index contributed by atoms with van der Waals surface area (Å²) < 4.78 is 55.2. The molecule has 45 heavy (non-hydrogen) atoms. The van der Waals surface area contributed by atoms with Crippen molar-refractivity contribution in [1.29, 1.82) is 0 Å². The van der Waals surface area contributed by atoms with Gasteiger partial charge in [0.25, 0.3) is 0 Å². The van der Waals surface area contributed by atoms with Crippen LogP contribution in [0.2, 0.25) is 0 Å². The summed E-state index contributed by atoms with van der Waals surface area (Å²) in [6, 6.07) is 0. The molecule has 1 N–H and O–H groups in total. The molecular formula is C27H36O18. The van der Waals surface area contributed by atoms with E-state index < -0.39 is 115 Å². The van der Waals surface area contributed by atoms with Gasteiger partial charge in [0.15, 0.2) is 48.5 Å². The normalized spacial score (nSPS) is 35.3. The van der Waals surface area contributed by atoms with Gasteiger partial charge in [-0.2, -0.15) is 0 Å². The molecule has 0 spiro atoms. The van der Waals surface area contributed by atoms with Crippen LogP contribution in [0.5, 0.6) is 0 Å². The monoisotopic (exact) mass is 648 g/mol. The number of aliphatic hydroxyl groups is 1. The van der Waals surface area contributed by atoms with E-state index in [0.29, 0.717) is 0 Å². The van der Waals surface area contributed by atoms with E-state index in [2.05, 4.69) is 0 Å². The number of fused-ring (bicyclic) bond motifs is 2. The highest BCUT2D eigenvalue weighted by atomic mass is 16.8. The number of carbonyl (C=O) groups excluding carboxylic acids is 7. The second kappa shape index (κ2) is 14.5. The number of carbonyl (C=O) groups is 7. The Morgan fingerprint density at radius 1 is 0.578 bits per heavy atom. The van der Waals surface area contributed by atoms with Crippen molar-refractivity contribution < 1.29 is 86.0 Å². The highest BCUT2D eigenvalue weighted by molar-refractivity contribution is 5.70. The highest BCUT2D eigenvalue weighted by Crippen LogP contribution is 2.42. The van der Waals surface area contributed by atoms with Crippen molar-refractivity contribution in [3.05, 3.63) is 0 Å². The Hall–Kier alpha value is -3.87. The molecule has 0 amide bonds. The zero-order chi connectivity index (χ0) is 33.8. The lowest BCUT2D eigenvalue weighted by molar-refractivity contribution is -0.319. The average Bonchev–Trinajstić information content (AvgIpc) is 3.33. The maximum absolute atomic E-state index is 12.4. The quantitative estimate of drug-likeness (QED) is 0.207. The van der Waals surface area contributed by atoms with Crippen LogP contribution in [0.15, 0.2) is 0 Å². The molecule has 0 aromatic heterocycles. The third kappa shape index (κ3) is 8.44. The summed E-state index contributed by atoms with van der Waals surface area (Å²) in [5.41, 5.74) is -2.72. The summed E-state index contributed by atoms with van der Waals surface area (Å²) in [7, 11) is 0. The van der Waals surface area contributed by atoms with Crippen LogP contribution in [0.4, 0.5) is 0 Å². The van der Waals surface area contributed by atoms with Crippen LogP contribution in [0, 0.1) is 0 Å². The van der Waals surface area contributed by atoms with Gasteiger partial charge in [0, 0.05) is 48.5 Å². The molecule has 0 radical (unpaired) electrons. The SMILES string of the molecule is CC(=O)OCC1(O)C(OC(C)=O)C(OC(C)=O)C(OC(C)=O)C(OC2C3COC(O3)C(OC(C)=O)C2OC(C)=O)C1OC(C)=O. The number of hydrogen-bond donors (Lipinski definition) is 1. The topological polar surface area (TPSA) is 232 Å². The molecule has 1 saturated carbocycles. The van der Waals surface area contributed by atoms with Crippen LogP contribution in [-0.4, -0.2) is 127 Å². The standard InChI is InChI=1S/C27H36O18/c1-10(28)37-9-27(35)24(42-15(6)33)21(40-13(4)31)20(39-12(3)30)22(25(27)43-16(7)34)45-18-17-8-36-26(44-17)23(41-14(5)32)19(18)38-11(2)29/h17-26,35H,8-9H2,1-7H3. The van der Waals surface area contributed by atoms with Crippen LogP contribution in [0.1, 0.15) is 48.5 Å². The molecule has 18 nitrogen and oxygen atoms in total. The fourth-order valence-corrected chi connectivity index (χ4v) is 5.46. The van der Waals surface area contributed by atoms with E-state index in [-0.39, 0.29) is 6.61 Å². The summed E-state index contributed by atoms with van der Waals surface area (Å²) in [5.74, 6) is -6.55. The minimum absolute atomic E-state index is 0.185. The van der Waals surface area contributed by atoms with Gasteiger partial charge in [-0.25, -0.2) is 0 Å². The maximum Gasteiger partial charge on any atom is 0.303 e. The Bertz CT molecular complexity index is 1180. The molecule has 0 aromatic carbocycles. The van der Waals surface area contributed by atoms with Gasteiger partial charge in [-0.15, -0.1) is 0 Å². The molecule has 252 valence electrons. The predicted octanol–water partition coefficient (Wildman–Crippen LogP) is -1.61. The molecule has 3 rings (SSSR count). The summed E-state index contributed by atoms with van der Waals surface area (Å²) in [4.78, 5) is 85.3. The lowest BCUT2D eigenvalue weighted by Gasteiger charge is -2.53. The Morgan fingerprint density at radius 2 is 1.00 bits per heavy atom. The first-order valence-electron chi connectivity index (χ1n) is 13.8. The fraction of sp³-hybridized carbons (Fsp3) is 0.741. The molecule has 0 aromatic rings. The van der Waals surface area contributed by atoms with Crippen LogP contribution in [0.3, 0.4) is 0 Å². The third-order valence-corrected chi connectivity index (χ3v) is 6.86. The van der Waals surface area contributed by atoms with Crippen molar-refractivity contribution in [2.75, 3.05) is 13.2 Å². The first-order chi connectivity index (χ1) is 20.9. The summed E-state index contributed by atoms with van der Waals surface area (Å²) >= 11 is 0. The molecular weight excluding hydrogens is 612 g/mol. The van der Waals surface area contributed by atoms with Crippen molar-refractivity contribution in [1.82, 2.24) is 0 Å².